The summed E-state index contributed by atoms with van der Waals surface area (Å²) in [7, 11) is 0. The summed E-state index contributed by atoms with van der Waals surface area (Å²) in [5.41, 5.74) is 3.51. The summed E-state index contributed by atoms with van der Waals surface area (Å²) >= 11 is 8.26. The van der Waals surface area contributed by atoms with Gasteiger partial charge >= 0.3 is 0 Å². The number of benzene rings is 2. The largest absolute Gasteiger partial charge is 0.276 e. The number of hydrogen-bond acceptors (Lipinski definition) is 5. The number of thioether (sulfide) groups is 1. The molecule has 0 fully saturated rings. The molecule has 3 heterocycles. The second-order valence-corrected chi connectivity index (χ2v) is 9.14. The smallest absolute Gasteiger partial charge is 0.262 e. The van der Waals surface area contributed by atoms with Gasteiger partial charge in [-0.3, -0.25) is 13.8 Å². The predicted molar refractivity (Wildman–Crippen MR) is 133 cm³/mol. The molecule has 0 aliphatic rings. The molecule has 0 aliphatic carbocycles. The number of para-hydroxylation sites is 2. The van der Waals surface area contributed by atoms with E-state index in [1.165, 1.54) is 11.8 Å². The number of rotatable bonds is 7. The van der Waals surface area contributed by atoms with Gasteiger partial charge in [-0.2, -0.15) is 5.10 Å². The fourth-order valence-corrected chi connectivity index (χ4v) is 5.36. The van der Waals surface area contributed by atoms with Crippen LogP contribution in [0.2, 0.25) is 5.15 Å². The maximum atomic E-state index is 13.1. The van der Waals surface area contributed by atoms with Crippen LogP contribution in [0.3, 0.4) is 0 Å². The minimum atomic E-state index is -0.0291. The van der Waals surface area contributed by atoms with E-state index in [-0.39, 0.29) is 5.56 Å². The molecule has 0 N–H and O–H groups in total. The molecule has 3 aromatic heterocycles. The molecule has 33 heavy (non-hydrogen) atoms. The van der Waals surface area contributed by atoms with Gasteiger partial charge in [-0.1, -0.05) is 67.0 Å². The Bertz CT molecular complexity index is 1500. The number of aryl methyl sites for hydroxylation is 2. The molecule has 7 nitrogen and oxygen atoms in total. The summed E-state index contributed by atoms with van der Waals surface area (Å²) in [6, 6.07) is 17.4. The first kappa shape index (κ1) is 21.7. The molecule has 0 aliphatic heterocycles. The highest BCUT2D eigenvalue weighted by atomic mass is 35.5. The SMILES string of the molecule is CCCCn1c(=O)c2ccccc2n2c(SCc3c(C)nn(-c4ccccc4)c3Cl)nnc12. The monoisotopic (exact) mass is 478 g/mol. The third-order valence-corrected chi connectivity index (χ3v) is 7.03. The summed E-state index contributed by atoms with van der Waals surface area (Å²) in [5.74, 6) is 1.15. The molecule has 2 aromatic carbocycles. The highest BCUT2D eigenvalue weighted by Crippen LogP contribution is 2.31. The number of hydrogen-bond donors (Lipinski definition) is 0. The van der Waals surface area contributed by atoms with E-state index in [0.717, 1.165) is 40.5 Å². The zero-order valence-corrected chi connectivity index (χ0v) is 20.0. The number of aromatic nitrogens is 6. The highest BCUT2D eigenvalue weighted by Gasteiger charge is 2.19. The van der Waals surface area contributed by atoms with Crippen molar-refractivity contribution in [1.29, 1.82) is 0 Å². The Morgan fingerprint density at radius 1 is 1.03 bits per heavy atom. The maximum Gasteiger partial charge on any atom is 0.262 e. The molecule has 168 valence electrons. The molecule has 0 amide bonds. The van der Waals surface area contributed by atoms with Crippen molar-refractivity contribution in [2.75, 3.05) is 0 Å². The van der Waals surface area contributed by atoms with Crippen LogP contribution in [0.15, 0.2) is 64.5 Å². The zero-order chi connectivity index (χ0) is 22.9. The topological polar surface area (TPSA) is 70.0 Å². The van der Waals surface area contributed by atoms with Gasteiger partial charge in [0.2, 0.25) is 5.78 Å². The standard InChI is InChI=1S/C24H23ClN6OS/c1-3-4-14-29-22(32)18-12-8-9-13-20(18)30-23(29)26-27-24(30)33-15-19-16(2)28-31(21(19)25)17-10-6-5-7-11-17/h5-13H,3-4,14-15H2,1-2H3. The van der Waals surface area contributed by atoms with Crippen LogP contribution < -0.4 is 5.56 Å². The Hall–Kier alpha value is -3.10. The van der Waals surface area contributed by atoms with Crippen molar-refractivity contribution in [3.63, 3.8) is 0 Å². The maximum absolute atomic E-state index is 13.1. The lowest BCUT2D eigenvalue weighted by Gasteiger charge is -2.10. The molecule has 0 radical (unpaired) electrons. The fraction of sp³-hybridized carbons (Fsp3) is 0.250. The third-order valence-electron chi connectivity index (χ3n) is 5.68. The van der Waals surface area contributed by atoms with Gasteiger partial charge in [-0.15, -0.1) is 10.2 Å². The molecule has 0 atom stereocenters. The first-order chi connectivity index (χ1) is 16.1. The summed E-state index contributed by atoms with van der Waals surface area (Å²) in [5, 5.41) is 15.4. The van der Waals surface area contributed by atoms with Crippen molar-refractivity contribution in [1.82, 2.24) is 28.9 Å². The van der Waals surface area contributed by atoms with Crippen LogP contribution in [-0.2, 0) is 12.3 Å². The summed E-state index contributed by atoms with van der Waals surface area (Å²) in [6.07, 6.45) is 1.89. The number of fused-ring (bicyclic) bond motifs is 3. The van der Waals surface area contributed by atoms with Crippen LogP contribution in [0.4, 0.5) is 0 Å². The van der Waals surface area contributed by atoms with E-state index < -0.39 is 0 Å². The Kier molecular flexibility index (Phi) is 5.95. The fourth-order valence-electron chi connectivity index (χ4n) is 3.92. The van der Waals surface area contributed by atoms with Crippen LogP contribution in [0, 0.1) is 6.92 Å². The van der Waals surface area contributed by atoms with Gasteiger partial charge in [0.1, 0.15) is 5.15 Å². The van der Waals surface area contributed by atoms with Crippen LogP contribution in [0.1, 0.15) is 31.0 Å². The number of nitrogens with zero attached hydrogens (tertiary/aromatic N) is 6. The van der Waals surface area contributed by atoms with E-state index in [4.69, 9.17) is 11.6 Å². The van der Waals surface area contributed by atoms with Crippen molar-refractivity contribution in [3.8, 4) is 5.69 Å². The van der Waals surface area contributed by atoms with E-state index in [1.807, 2.05) is 65.9 Å². The summed E-state index contributed by atoms with van der Waals surface area (Å²) in [4.78, 5) is 13.1. The molecule has 9 heteroatoms. The van der Waals surface area contributed by atoms with E-state index >= 15 is 0 Å². The molecule has 0 unspecified atom stereocenters. The average molecular weight is 479 g/mol. The van der Waals surface area contributed by atoms with Crippen LogP contribution in [-0.4, -0.2) is 28.9 Å². The van der Waals surface area contributed by atoms with Gasteiger partial charge in [-0.05, 0) is 37.6 Å². The van der Waals surface area contributed by atoms with E-state index in [2.05, 4.69) is 22.2 Å². The molecular formula is C24H23ClN6OS. The van der Waals surface area contributed by atoms with Gasteiger partial charge in [0.05, 0.1) is 22.3 Å². The van der Waals surface area contributed by atoms with Crippen molar-refractivity contribution in [3.05, 3.63) is 81.4 Å². The normalized spacial score (nSPS) is 11.6. The van der Waals surface area contributed by atoms with Crippen molar-refractivity contribution in [2.45, 2.75) is 44.1 Å². The van der Waals surface area contributed by atoms with Gasteiger partial charge < -0.3 is 0 Å². The first-order valence-electron chi connectivity index (χ1n) is 10.9. The second kappa shape index (κ2) is 9.03. The molecule has 5 aromatic rings. The zero-order valence-electron chi connectivity index (χ0n) is 18.4. The second-order valence-electron chi connectivity index (χ2n) is 7.84. The molecular weight excluding hydrogens is 456 g/mol. The van der Waals surface area contributed by atoms with Crippen LogP contribution in [0.25, 0.3) is 22.4 Å². The van der Waals surface area contributed by atoms with Gasteiger partial charge in [-0.25, -0.2) is 4.68 Å². The Balaban J connectivity index is 1.56. The average Bonchev–Trinajstić information content (AvgIpc) is 3.39. The van der Waals surface area contributed by atoms with Crippen molar-refractivity contribution < 1.29 is 0 Å². The lowest BCUT2D eigenvalue weighted by atomic mass is 10.2. The van der Waals surface area contributed by atoms with Gasteiger partial charge in [0.25, 0.3) is 5.56 Å². The highest BCUT2D eigenvalue weighted by molar-refractivity contribution is 7.98. The van der Waals surface area contributed by atoms with Crippen molar-refractivity contribution in [2.24, 2.45) is 0 Å². The Morgan fingerprint density at radius 2 is 1.79 bits per heavy atom. The predicted octanol–water partition coefficient (Wildman–Crippen LogP) is 5.28. The first-order valence-corrected chi connectivity index (χ1v) is 12.3. The lowest BCUT2D eigenvalue weighted by Crippen LogP contribution is -2.23. The summed E-state index contributed by atoms with van der Waals surface area (Å²) in [6.45, 7) is 4.68. The molecule has 0 saturated heterocycles. The van der Waals surface area contributed by atoms with Crippen LogP contribution >= 0.6 is 23.4 Å². The number of halogens is 1. The quantitative estimate of drug-likeness (QED) is 0.297. The van der Waals surface area contributed by atoms with E-state index in [9.17, 15) is 4.79 Å². The minimum absolute atomic E-state index is 0.0291. The Morgan fingerprint density at radius 3 is 2.58 bits per heavy atom. The molecule has 0 bridgehead atoms. The summed E-state index contributed by atoms with van der Waals surface area (Å²) < 4.78 is 5.46. The van der Waals surface area contributed by atoms with Crippen molar-refractivity contribution >= 4 is 40.0 Å². The minimum Gasteiger partial charge on any atom is -0.276 e. The lowest BCUT2D eigenvalue weighted by molar-refractivity contribution is 0.620. The molecule has 0 spiro atoms. The molecule has 5 rings (SSSR count). The third kappa shape index (κ3) is 3.83. The van der Waals surface area contributed by atoms with E-state index in [0.29, 0.717) is 28.6 Å². The Labute approximate surface area is 200 Å². The van der Waals surface area contributed by atoms with Gasteiger partial charge in [0, 0.05) is 17.9 Å². The number of unbranched alkanes of at least 4 members (excludes halogenated alkanes) is 1. The molecule has 0 saturated carbocycles. The van der Waals surface area contributed by atoms with Gasteiger partial charge in [0.15, 0.2) is 5.16 Å². The van der Waals surface area contributed by atoms with Crippen LogP contribution in [0.5, 0.6) is 0 Å². The van der Waals surface area contributed by atoms with E-state index in [1.54, 1.807) is 9.25 Å².